The number of sulfonamides is 1. The molecule has 1 unspecified atom stereocenters. The van der Waals surface area contributed by atoms with Crippen molar-refractivity contribution in [1.29, 1.82) is 0 Å². The molecule has 0 radical (unpaired) electrons. The second kappa shape index (κ2) is 10.3. The van der Waals surface area contributed by atoms with Gasteiger partial charge in [0.05, 0.1) is 16.7 Å². The summed E-state index contributed by atoms with van der Waals surface area (Å²) < 4.78 is 33.5. The van der Waals surface area contributed by atoms with E-state index >= 15 is 0 Å². The molecule has 1 fully saturated rings. The van der Waals surface area contributed by atoms with Crippen molar-refractivity contribution in [3.63, 3.8) is 0 Å². The van der Waals surface area contributed by atoms with Gasteiger partial charge >= 0.3 is 5.97 Å². The minimum Gasteiger partial charge on any atom is -0.459 e. The van der Waals surface area contributed by atoms with Crippen LogP contribution in [0.15, 0.2) is 29.2 Å². The number of aryl methyl sites for hydroxylation is 2. The van der Waals surface area contributed by atoms with Crippen molar-refractivity contribution >= 4 is 21.9 Å². The van der Waals surface area contributed by atoms with Crippen molar-refractivity contribution in [2.45, 2.75) is 77.8 Å². The zero-order valence-electron chi connectivity index (χ0n) is 22.3. The molecule has 1 aromatic carbocycles. The molecule has 36 heavy (non-hydrogen) atoms. The molecule has 1 aromatic heterocycles. The molecule has 1 saturated heterocycles. The first-order valence-corrected chi connectivity index (χ1v) is 13.5. The van der Waals surface area contributed by atoms with E-state index in [2.05, 4.69) is 30.7 Å². The SMILES string of the molecule is Cc1nc(C)c(C(=O)OC(C)C)c(C(=O)N2CCN(S(=O)(=O)c3ccc(C(C)(C)C)cc3)C(C)C2)n1. The van der Waals surface area contributed by atoms with Crippen LogP contribution in [0.2, 0.25) is 0 Å². The fraction of sp³-hybridized carbons (Fsp3) is 0.538. The Hall–Kier alpha value is -2.85. The third-order valence-electron chi connectivity index (χ3n) is 6.13. The fourth-order valence-electron chi connectivity index (χ4n) is 4.28. The second-order valence-corrected chi connectivity index (χ2v) is 12.4. The lowest BCUT2D eigenvalue weighted by Gasteiger charge is -2.39. The Morgan fingerprint density at radius 3 is 2.19 bits per heavy atom. The number of esters is 1. The van der Waals surface area contributed by atoms with Gasteiger partial charge < -0.3 is 9.64 Å². The molecule has 1 aliphatic rings. The number of benzene rings is 1. The lowest BCUT2D eigenvalue weighted by molar-refractivity contribution is 0.0368. The number of carbonyl (C=O) groups is 2. The van der Waals surface area contributed by atoms with Crippen LogP contribution < -0.4 is 0 Å². The number of nitrogens with zero attached hydrogens (tertiary/aromatic N) is 4. The van der Waals surface area contributed by atoms with Gasteiger partial charge in [0.2, 0.25) is 10.0 Å². The standard InChI is InChI=1S/C26H36N4O5S/c1-16(2)35-25(32)22-18(4)27-19(5)28-23(22)24(31)29-13-14-30(17(3)15-29)36(33,34)21-11-9-20(10-12-21)26(6,7)8/h9-12,16-17H,13-15H2,1-8H3. The molecule has 0 bridgehead atoms. The van der Waals surface area contributed by atoms with Gasteiger partial charge in [-0.1, -0.05) is 32.9 Å². The van der Waals surface area contributed by atoms with Crippen LogP contribution in [0.25, 0.3) is 0 Å². The summed E-state index contributed by atoms with van der Waals surface area (Å²) in [6, 6.07) is 6.49. The summed E-state index contributed by atoms with van der Waals surface area (Å²) in [7, 11) is -3.74. The van der Waals surface area contributed by atoms with Crippen molar-refractivity contribution in [1.82, 2.24) is 19.2 Å². The number of rotatable bonds is 5. The zero-order valence-corrected chi connectivity index (χ0v) is 23.1. The lowest BCUT2D eigenvalue weighted by atomic mass is 9.87. The van der Waals surface area contributed by atoms with Gasteiger partial charge in [0.1, 0.15) is 17.1 Å². The van der Waals surface area contributed by atoms with Crippen molar-refractivity contribution in [3.05, 3.63) is 52.6 Å². The molecular weight excluding hydrogens is 480 g/mol. The van der Waals surface area contributed by atoms with Gasteiger partial charge in [-0.2, -0.15) is 4.31 Å². The Labute approximate surface area is 213 Å². The Morgan fingerprint density at radius 1 is 1.06 bits per heavy atom. The largest absolute Gasteiger partial charge is 0.459 e. The van der Waals surface area contributed by atoms with E-state index in [9.17, 15) is 18.0 Å². The maximum Gasteiger partial charge on any atom is 0.342 e. The van der Waals surface area contributed by atoms with E-state index in [0.717, 1.165) is 5.56 Å². The van der Waals surface area contributed by atoms with E-state index < -0.39 is 27.9 Å². The average Bonchev–Trinajstić information content (AvgIpc) is 2.76. The van der Waals surface area contributed by atoms with E-state index in [0.29, 0.717) is 11.5 Å². The Balaban J connectivity index is 1.84. The third kappa shape index (κ3) is 5.75. The van der Waals surface area contributed by atoms with Gasteiger partial charge in [-0.3, -0.25) is 4.79 Å². The molecule has 10 heteroatoms. The first kappa shape index (κ1) is 27.7. The molecule has 9 nitrogen and oxygen atoms in total. The van der Waals surface area contributed by atoms with Crippen molar-refractivity contribution < 1.29 is 22.7 Å². The molecule has 196 valence electrons. The van der Waals surface area contributed by atoms with Crippen LogP contribution >= 0.6 is 0 Å². The van der Waals surface area contributed by atoms with Crippen molar-refractivity contribution in [2.75, 3.05) is 19.6 Å². The topological polar surface area (TPSA) is 110 Å². The summed E-state index contributed by atoms with van der Waals surface area (Å²) in [5.74, 6) is -0.735. The highest BCUT2D eigenvalue weighted by molar-refractivity contribution is 7.89. The summed E-state index contributed by atoms with van der Waals surface area (Å²) in [6.07, 6.45) is -0.368. The highest BCUT2D eigenvalue weighted by Gasteiger charge is 2.37. The van der Waals surface area contributed by atoms with E-state index in [1.165, 1.54) is 9.21 Å². The van der Waals surface area contributed by atoms with Crippen LogP contribution in [-0.2, 0) is 20.2 Å². The molecule has 3 rings (SSSR count). The monoisotopic (exact) mass is 516 g/mol. The molecule has 0 saturated carbocycles. The smallest absolute Gasteiger partial charge is 0.342 e. The molecule has 0 aliphatic carbocycles. The molecular formula is C26H36N4O5S. The number of aromatic nitrogens is 2. The van der Waals surface area contributed by atoms with Crippen LogP contribution in [0.4, 0.5) is 0 Å². The molecule has 1 amide bonds. The average molecular weight is 517 g/mol. The number of carbonyl (C=O) groups excluding carboxylic acids is 2. The third-order valence-corrected chi connectivity index (χ3v) is 8.16. The van der Waals surface area contributed by atoms with E-state index in [1.807, 2.05) is 12.1 Å². The minimum absolute atomic E-state index is 0.0214. The van der Waals surface area contributed by atoms with Crippen molar-refractivity contribution in [2.24, 2.45) is 0 Å². The number of hydrogen-bond donors (Lipinski definition) is 0. The summed E-state index contributed by atoms with van der Waals surface area (Å²) in [6.45, 7) is 15.2. The van der Waals surface area contributed by atoms with Gasteiger partial charge in [0.25, 0.3) is 5.91 Å². The highest BCUT2D eigenvalue weighted by atomic mass is 32.2. The predicted octanol–water partition coefficient (Wildman–Crippen LogP) is 3.49. The number of amides is 1. The van der Waals surface area contributed by atoms with Gasteiger partial charge in [-0.25, -0.2) is 23.2 Å². The van der Waals surface area contributed by atoms with E-state index in [1.54, 1.807) is 46.8 Å². The quantitative estimate of drug-likeness (QED) is 0.560. The van der Waals surface area contributed by atoms with E-state index in [4.69, 9.17) is 4.74 Å². The Kier molecular flexibility index (Phi) is 7.90. The van der Waals surface area contributed by atoms with Crippen LogP contribution in [0.5, 0.6) is 0 Å². The van der Waals surface area contributed by atoms with Crippen LogP contribution in [0.1, 0.15) is 79.5 Å². The van der Waals surface area contributed by atoms with Crippen LogP contribution in [-0.4, -0.2) is 71.2 Å². The predicted molar refractivity (Wildman–Crippen MR) is 136 cm³/mol. The summed E-state index contributed by atoms with van der Waals surface area (Å²) in [5, 5.41) is 0. The molecule has 0 N–H and O–H groups in total. The molecule has 1 atom stereocenters. The summed E-state index contributed by atoms with van der Waals surface area (Å²) in [5.41, 5.74) is 1.35. The molecule has 0 spiro atoms. The van der Waals surface area contributed by atoms with Crippen LogP contribution in [0, 0.1) is 13.8 Å². The molecule has 1 aliphatic heterocycles. The first-order chi connectivity index (χ1) is 16.6. The van der Waals surface area contributed by atoms with Crippen LogP contribution in [0.3, 0.4) is 0 Å². The normalized spacial score (nSPS) is 17.4. The maximum atomic E-state index is 13.5. The number of piperazine rings is 1. The van der Waals surface area contributed by atoms with Gasteiger partial charge in [0, 0.05) is 25.7 Å². The molecule has 2 aromatic rings. The van der Waals surface area contributed by atoms with Gasteiger partial charge in [0.15, 0.2) is 0 Å². The van der Waals surface area contributed by atoms with Gasteiger partial charge in [-0.05, 0) is 57.7 Å². The second-order valence-electron chi connectivity index (χ2n) is 10.5. The minimum atomic E-state index is -3.74. The maximum absolute atomic E-state index is 13.5. The molecule has 2 heterocycles. The Morgan fingerprint density at radius 2 is 1.67 bits per heavy atom. The Bertz CT molecular complexity index is 1250. The van der Waals surface area contributed by atoms with Gasteiger partial charge in [-0.15, -0.1) is 0 Å². The fourth-order valence-corrected chi connectivity index (χ4v) is 5.89. The summed E-state index contributed by atoms with van der Waals surface area (Å²) >= 11 is 0. The summed E-state index contributed by atoms with van der Waals surface area (Å²) in [4.78, 5) is 36.5. The van der Waals surface area contributed by atoms with E-state index in [-0.39, 0.29) is 47.3 Å². The zero-order chi connectivity index (χ0) is 27.0. The lowest BCUT2D eigenvalue weighted by Crippen LogP contribution is -2.55. The number of ether oxygens (including phenoxy) is 1. The van der Waals surface area contributed by atoms with Crippen molar-refractivity contribution in [3.8, 4) is 0 Å². The first-order valence-electron chi connectivity index (χ1n) is 12.1. The number of hydrogen-bond acceptors (Lipinski definition) is 7. The highest BCUT2D eigenvalue weighted by Crippen LogP contribution is 2.27.